The number of nitrogens with zero attached hydrogens (tertiary/aromatic N) is 1. The molecule has 1 aromatic heterocycles. The fourth-order valence-corrected chi connectivity index (χ4v) is 1.64. The van der Waals surface area contributed by atoms with Crippen molar-refractivity contribution in [2.75, 3.05) is 5.73 Å². The SMILES string of the molecule is Nc1ncc(C(N)(C(=O)O)C(F)(F)F)s1. The molecule has 0 saturated carbocycles. The van der Waals surface area contributed by atoms with Crippen LogP contribution in [0.2, 0.25) is 0 Å². The van der Waals surface area contributed by atoms with E-state index in [9.17, 15) is 18.0 Å². The molecule has 5 nitrogen and oxygen atoms in total. The van der Waals surface area contributed by atoms with Gasteiger partial charge in [0.25, 0.3) is 0 Å². The fraction of sp³-hybridized carbons (Fsp3) is 0.333. The summed E-state index contributed by atoms with van der Waals surface area (Å²) in [5, 5.41) is 8.35. The van der Waals surface area contributed by atoms with Crippen LogP contribution in [0.5, 0.6) is 0 Å². The average molecular weight is 241 g/mol. The lowest BCUT2D eigenvalue weighted by atomic mass is 9.99. The van der Waals surface area contributed by atoms with E-state index in [4.69, 9.17) is 16.6 Å². The lowest BCUT2D eigenvalue weighted by Gasteiger charge is -2.25. The number of nitrogen functional groups attached to an aromatic ring is 1. The topological polar surface area (TPSA) is 102 Å². The first-order valence-corrected chi connectivity index (χ1v) is 4.32. The van der Waals surface area contributed by atoms with Crippen LogP contribution in [0.4, 0.5) is 18.3 Å². The predicted octanol–water partition coefficient (Wildman–Crippen LogP) is 0.526. The zero-order valence-electron chi connectivity index (χ0n) is 7.08. The Kier molecular flexibility index (Phi) is 2.62. The number of hydrogen-bond acceptors (Lipinski definition) is 5. The maximum Gasteiger partial charge on any atom is 0.422 e. The third-order valence-electron chi connectivity index (χ3n) is 1.70. The maximum absolute atomic E-state index is 12.5. The molecule has 0 amide bonds. The number of aliphatic carboxylic acids is 1. The number of carbonyl (C=O) groups is 1. The minimum absolute atomic E-state index is 0.176. The van der Waals surface area contributed by atoms with Crippen molar-refractivity contribution in [3.63, 3.8) is 0 Å². The molecule has 0 spiro atoms. The van der Waals surface area contributed by atoms with Gasteiger partial charge in [0, 0.05) is 6.20 Å². The van der Waals surface area contributed by atoms with Crippen molar-refractivity contribution in [2.24, 2.45) is 5.73 Å². The van der Waals surface area contributed by atoms with Crippen LogP contribution in [0.1, 0.15) is 4.88 Å². The van der Waals surface area contributed by atoms with E-state index in [1.165, 1.54) is 0 Å². The Morgan fingerprint density at radius 1 is 1.53 bits per heavy atom. The van der Waals surface area contributed by atoms with Crippen molar-refractivity contribution in [1.82, 2.24) is 4.98 Å². The Labute approximate surface area is 85.5 Å². The van der Waals surface area contributed by atoms with Gasteiger partial charge in [0.2, 0.25) is 5.54 Å². The van der Waals surface area contributed by atoms with E-state index in [1.54, 1.807) is 0 Å². The second-order valence-electron chi connectivity index (χ2n) is 2.67. The molecular weight excluding hydrogens is 235 g/mol. The van der Waals surface area contributed by atoms with Crippen LogP contribution in [-0.2, 0) is 10.3 Å². The first-order chi connectivity index (χ1) is 6.69. The quantitative estimate of drug-likeness (QED) is 0.700. The van der Waals surface area contributed by atoms with Crippen LogP contribution in [0, 0.1) is 0 Å². The molecule has 15 heavy (non-hydrogen) atoms. The third kappa shape index (κ3) is 1.75. The van der Waals surface area contributed by atoms with E-state index >= 15 is 0 Å². The van der Waals surface area contributed by atoms with Crippen molar-refractivity contribution in [1.29, 1.82) is 0 Å². The number of alkyl halides is 3. The zero-order valence-corrected chi connectivity index (χ0v) is 7.89. The molecule has 1 unspecified atom stereocenters. The first kappa shape index (κ1) is 11.7. The summed E-state index contributed by atoms with van der Waals surface area (Å²) in [5.74, 6) is -2.20. The molecule has 1 atom stereocenters. The molecule has 0 aliphatic heterocycles. The molecule has 0 saturated heterocycles. The van der Waals surface area contributed by atoms with Gasteiger partial charge >= 0.3 is 12.1 Å². The van der Waals surface area contributed by atoms with Crippen molar-refractivity contribution in [2.45, 2.75) is 11.7 Å². The van der Waals surface area contributed by atoms with Crippen LogP contribution >= 0.6 is 11.3 Å². The molecule has 5 N–H and O–H groups in total. The number of nitrogens with two attached hydrogens (primary N) is 2. The normalized spacial score (nSPS) is 16.0. The Balaban J connectivity index is 3.31. The lowest BCUT2D eigenvalue weighted by molar-refractivity contribution is -0.204. The van der Waals surface area contributed by atoms with Gasteiger partial charge in [0.05, 0.1) is 4.88 Å². The molecule has 1 heterocycles. The molecule has 1 rings (SSSR count). The summed E-state index contributed by atoms with van der Waals surface area (Å²) in [6.45, 7) is 0. The molecular formula is C6H6F3N3O2S. The van der Waals surface area contributed by atoms with Gasteiger partial charge in [-0.05, 0) is 0 Å². The maximum atomic E-state index is 12.5. The Hall–Kier alpha value is -1.35. The smallest absolute Gasteiger partial charge is 0.422 e. The molecule has 0 aliphatic carbocycles. The highest BCUT2D eigenvalue weighted by molar-refractivity contribution is 7.15. The largest absolute Gasteiger partial charge is 0.479 e. The second kappa shape index (κ2) is 3.35. The van der Waals surface area contributed by atoms with Gasteiger partial charge in [-0.15, -0.1) is 0 Å². The van der Waals surface area contributed by atoms with Crippen molar-refractivity contribution in [3.8, 4) is 0 Å². The highest BCUT2D eigenvalue weighted by Crippen LogP contribution is 2.39. The average Bonchev–Trinajstić information content (AvgIpc) is 2.48. The van der Waals surface area contributed by atoms with E-state index in [-0.39, 0.29) is 5.13 Å². The number of carboxylic acids is 1. The Bertz CT molecular complexity index is 391. The van der Waals surface area contributed by atoms with Gasteiger partial charge in [0.1, 0.15) is 0 Å². The molecule has 0 bridgehead atoms. The lowest BCUT2D eigenvalue weighted by Crippen LogP contribution is -2.56. The highest BCUT2D eigenvalue weighted by Gasteiger charge is 2.60. The molecule has 0 fully saturated rings. The second-order valence-corrected chi connectivity index (χ2v) is 3.74. The number of aromatic nitrogens is 1. The monoisotopic (exact) mass is 241 g/mol. The number of halogens is 3. The standard InChI is InChI=1S/C6H6F3N3O2S/c7-6(8,9)5(11,3(13)14)2-1-12-4(10)15-2/h1H,11H2,(H2,10,12)(H,13,14). The number of rotatable bonds is 2. The van der Waals surface area contributed by atoms with Crippen LogP contribution in [0.25, 0.3) is 0 Å². The summed E-state index contributed by atoms with van der Waals surface area (Å²) in [6.07, 6.45) is -4.40. The zero-order chi connectivity index (χ0) is 11.9. The van der Waals surface area contributed by atoms with Crippen LogP contribution in [0.15, 0.2) is 6.20 Å². The minimum Gasteiger partial charge on any atom is -0.479 e. The van der Waals surface area contributed by atoms with E-state index < -0.39 is 22.6 Å². The predicted molar refractivity (Wildman–Crippen MR) is 46.1 cm³/mol. The summed E-state index contributed by atoms with van der Waals surface area (Å²) in [6, 6.07) is 0. The van der Waals surface area contributed by atoms with E-state index in [0.29, 0.717) is 17.5 Å². The van der Waals surface area contributed by atoms with E-state index in [1.807, 2.05) is 0 Å². The van der Waals surface area contributed by atoms with Gasteiger partial charge < -0.3 is 16.6 Å². The van der Waals surface area contributed by atoms with Crippen LogP contribution < -0.4 is 11.5 Å². The Morgan fingerprint density at radius 3 is 2.33 bits per heavy atom. The molecule has 0 aliphatic rings. The van der Waals surface area contributed by atoms with Gasteiger partial charge in [-0.1, -0.05) is 11.3 Å². The molecule has 0 radical (unpaired) electrons. The van der Waals surface area contributed by atoms with Crippen molar-refractivity contribution >= 4 is 22.4 Å². The highest BCUT2D eigenvalue weighted by atomic mass is 32.1. The molecule has 9 heteroatoms. The summed E-state index contributed by atoms with van der Waals surface area (Å²) < 4.78 is 37.4. The Morgan fingerprint density at radius 2 is 2.07 bits per heavy atom. The number of thiazole rings is 1. The summed E-state index contributed by atoms with van der Waals surface area (Å²) in [5.41, 5.74) is 6.50. The fourth-order valence-electron chi connectivity index (χ4n) is 0.836. The number of carboxylic acid groups (broad SMARTS) is 1. The van der Waals surface area contributed by atoms with E-state index in [0.717, 1.165) is 0 Å². The van der Waals surface area contributed by atoms with Gasteiger partial charge in [0.15, 0.2) is 5.13 Å². The first-order valence-electron chi connectivity index (χ1n) is 3.50. The molecule has 84 valence electrons. The number of anilines is 1. The van der Waals surface area contributed by atoms with Crippen molar-refractivity contribution in [3.05, 3.63) is 11.1 Å². The summed E-state index contributed by atoms with van der Waals surface area (Å²) in [7, 11) is 0. The van der Waals surface area contributed by atoms with Crippen LogP contribution in [-0.4, -0.2) is 22.2 Å². The van der Waals surface area contributed by atoms with Gasteiger partial charge in [-0.25, -0.2) is 9.78 Å². The van der Waals surface area contributed by atoms with E-state index in [2.05, 4.69) is 4.98 Å². The summed E-state index contributed by atoms with van der Waals surface area (Å²) in [4.78, 5) is 13.2. The summed E-state index contributed by atoms with van der Waals surface area (Å²) >= 11 is 0.391. The number of hydrogen-bond donors (Lipinski definition) is 3. The van der Waals surface area contributed by atoms with Crippen molar-refractivity contribution < 1.29 is 23.1 Å². The minimum atomic E-state index is -5.11. The molecule has 1 aromatic rings. The van der Waals surface area contributed by atoms with Gasteiger partial charge in [-0.2, -0.15) is 13.2 Å². The third-order valence-corrected chi connectivity index (χ3v) is 2.66. The van der Waals surface area contributed by atoms with Gasteiger partial charge in [-0.3, -0.25) is 0 Å². The van der Waals surface area contributed by atoms with Crippen LogP contribution in [0.3, 0.4) is 0 Å². The molecule has 0 aromatic carbocycles.